The molecule has 0 aliphatic rings. The number of aliphatic hydroxyl groups is 1. The van der Waals surface area contributed by atoms with Crippen molar-refractivity contribution in [2.24, 2.45) is 0 Å². The number of carboxylic acid groups (broad SMARTS) is 1. The molecule has 4 nitrogen and oxygen atoms in total. The van der Waals surface area contributed by atoms with E-state index in [1.54, 1.807) is 30.3 Å². The minimum absolute atomic E-state index is 0.0352. The lowest BCUT2D eigenvalue weighted by Gasteiger charge is -2.10. The Morgan fingerprint density at radius 2 is 2.00 bits per heavy atom. The molecule has 0 heterocycles. The van der Waals surface area contributed by atoms with Gasteiger partial charge in [-0.1, -0.05) is 24.3 Å². The molecule has 0 amide bonds. The van der Waals surface area contributed by atoms with Crippen LogP contribution in [0.4, 0.5) is 0 Å². The number of aliphatic hydroxyl groups excluding tert-OH is 1. The van der Waals surface area contributed by atoms with Crippen molar-refractivity contribution in [3.63, 3.8) is 0 Å². The predicted molar refractivity (Wildman–Crippen MR) is 75.2 cm³/mol. The minimum Gasteiger partial charge on any atom is -0.545 e. The first-order chi connectivity index (χ1) is 9.60. The third-order valence-corrected chi connectivity index (χ3v) is 3.36. The van der Waals surface area contributed by atoms with Gasteiger partial charge in [0.2, 0.25) is 0 Å². The van der Waals surface area contributed by atoms with Gasteiger partial charge < -0.3 is 19.7 Å². The highest BCUT2D eigenvalue weighted by molar-refractivity contribution is 9.10. The number of carboxylic acids is 1. The quantitative estimate of drug-likeness (QED) is 0.905. The van der Waals surface area contributed by atoms with E-state index in [1.165, 1.54) is 12.1 Å². The van der Waals surface area contributed by atoms with Crippen LogP contribution in [0.15, 0.2) is 46.9 Å². The first-order valence-corrected chi connectivity index (χ1v) is 6.72. The third kappa shape index (κ3) is 3.59. The van der Waals surface area contributed by atoms with Crippen LogP contribution in [0.5, 0.6) is 5.75 Å². The van der Waals surface area contributed by atoms with Crippen LogP contribution in [0.3, 0.4) is 0 Å². The molecule has 0 aliphatic heterocycles. The molecule has 0 spiro atoms. The number of rotatable bonds is 5. The van der Waals surface area contributed by atoms with Crippen LogP contribution in [0.1, 0.15) is 21.5 Å². The number of aromatic carboxylic acids is 1. The van der Waals surface area contributed by atoms with Crippen molar-refractivity contribution in [2.75, 3.05) is 0 Å². The van der Waals surface area contributed by atoms with E-state index in [4.69, 9.17) is 9.84 Å². The topological polar surface area (TPSA) is 69.6 Å². The van der Waals surface area contributed by atoms with Gasteiger partial charge in [-0.15, -0.1) is 0 Å². The maximum absolute atomic E-state index is 10.8. The molecule has 0 bridgehead atoms. The second-order valence-electron chi connectivity index (χ2n) is 4.20. The Morgan fingerprint density at radius 1 is 1.20 bits per heavy atom. The number of ether oxygens (including phenoxy) is 1. The largest absolute Gasteiger partial charge is 0.545 e. The lowest BCUT2D eigenvalue weighted by Crippen LogP contribution is -2.22. The molecule has 0 fully saturated rings. The summed E-state index contributed by atoms with van der Waals surface area (Å²) in [5.74, 6) is -0.582. The molecule has 2 aromatic carbocycles. The van der Waals surface area contributed by atoms with Crippen molar-refractivity contribution in [3.05, 3.63) is 63.6 Å². The van der Waals surface area contributed by atoms with Crippen LogP contribution >= 0.6 is 15.9 Å². The van der Waals surface area contributed by atoms with Crippen molar-refractivity contribution < 1.29 is 19.7 Å². The molecule has 0 atom stereocenters. The normalized spacial score (nSPS) is 10.3. The van der Waals surface area contributed by atoms with Crippen LogP contribution in [0, 0.1) is 0 Å². The number of halogens is 1. The number of carbonyl (C=O) groups excluding carboxylic acids is 1. The van der Waals surface area contributed by atoms with E-state index in [9.17, 15) is 9.90 Å². The highest BCUT2D eigenvalue weighted by Crippen LogP contribution is 2.26. The summed E-state index contributed by atoms with van der Waals surface area (Å²) < 4.78 is 6.35. The van der Waals surface area contributed by atoms with Gasteiger partial charge in [-0.3, -0.25) is 0 Å². The Kier molecular flexibility index (Phi) is 4.76. The molecule has 1 N–H and O–H groups in total. The van der Waals surface area contributed by atoms with E-state index in [0.717, 1.165) is 15.6 Å². The molecule has 2 rings (SSSR count). The van der Waals surface area contributed by atoms with Crippen LogP contribution in [0.25, 0.3) is 0 Å². The zero-order valence-corrected chi connectivity index (χ0v) is 12.1. The predicted octanol–water partition coefficient (Wildman–Crippen LogP) is 1.88. The Labute approximate surface area is 124 Å². The zero-order valence-electron chi connectivity index (χ0n) is 10.5. The average Bonchev–Trinajstić information content (AvgIpc) is 2.46. The van der Waals surface area contributed by atoms with Crippen molar-refractivity contribution in [1.82, 2.24) is 0 Å². The van der Waals surface area contributed by atoms with E-state index in [-0.39, 0.29) is 18.8 Å². The Morgan fingerprint density at radius 3 is 2.65 bits per heavy atom. The summed E-state index contributed by atoms with van der Waals surface area (Å²) in [4.78, 5) is 10.8. The molecule has 0 aromatic heterocycles. The van der Waals surface area contributed by atoms with E-state index in [0.29, 0.717) is 5.75 Å². The summed E-state index contributed by atoms with van der Waals surface area (Å²) in [7, 11) is 0. The van der Waals surface area contributed by atoms with Crippen molar-refractivity contribution in [2.45, 2.75) is 13.2 Å². The van der Waals surface area contributed by atoms with Gasteiger partial charge in [-0.25, -0.2) is 0 Å². The average molecular weight is 336 g/mol. The lowest BCUT2D eigenvalue weighted by molar-refractivity contribution is -0.255. The minimum atomic E-state index is -1.21. The van der Waals surface area contributed by atoms with Crippen molar-refractivity contribution in [1.29, 1.82) is 0 Å². The second-order valence-corrected chi connectivity index (χ2v) is 5.05. The molecule has 0 saturated carbocycles. The Balaban J connectivity index is 2.09. The van der Waals surface area contributed by atoms with Crippen molar-refractivity contribution in [3.8, 4) is 5.75 Å². The summed E-state index contributed by atoms with van der Waals surface area (Å²) in [6.45, 7) is 0.213. The molecule has 0 unspecified atom stereocenters. The summed E-state index contributed by atoms with van der Waals surface area (Å²) in [6, 6.07) is 11.7. The number of benzene rings is 2. The summed E-state index contributed by atoms with van der Waals surface area (Å²) in [5, 5.41) is 19.8. The van der Waals surface area contributed by atoms with Crippen LogP contribution < -0.4 is 9.84 Å². The Hall–Kier alpha value is -1.85. The van der Waals surface area contributed by atoms with Gasteiger partial charge in [0, 0.05) is 0 Å². The molecular formula is C15H12BrO4-. The molecular weight excluding hydrogens is 324 g/mol. The third-order valence-electron chi connectivity index (χ3n) is 2.74. The van der Waals surface area contributed by atoms with Gasteiger partial charge in [0.15, 0.2) is 0 Å². The Bertz CT molecular complexity index is 625. The highest BCUT2D eigenvalue weighted by atomic mass is 79.9. The van der Waals surface area contributed by atoms with Gasteiger partial charge in [-0.05, 0) is 50.8 Å². The lowest BCUT2D eigenvalue weighted by atomic mass is 10.1. The fourth-order valence-corrected chi connectivity index (χ4v) is 2.25. The summed E-state index contributed by atoms with van der Waals surface area (Å²) in [6.07, 6.45) is 0. The van der Waals surface area contributed by atoms with Gasteiger partial charge in [-0.2, -0.15) is 0 Å². The molecule has 5 heteroatoms. The summed E-state index contributed by atoms with van der Waals surface area (Å²) in [5.41, 5.74) is 1.65. The molecule has 0 saturated heterocycles. The monoisotopic (exact) mass is 335 g/mol. The van der Waals surface area contributed by atoms with Crippen LogP contribution in [0.2, 0.25) is 0 Å². The molecule has 104 valence electrons. The van der Waals surface area contributed by atoms with Gasteiger partial charge in [0.1, 0.15) is 12.4 Å². The number of hydrogen-bond donors (Lipinski definition) is 1. The molecule has 0 radical (unpaired) electrons. The standard InChI is InChI=1S/C15H13BrO4/c16-13-7-10(8-17)4-5-14(13)20-9-11-2-1-3-12(6-11)15(18)19/h1-7,17H,8-9H2,(H,18,19)/p-1. The number of hydrogen-bond acceptors (Lipinski definition) is 4. The van der Waals surface area contributed by atoms with Gasteiger partial charge in [0.05, 0.1) is 17.0 Å². The zero-order chi connectivity index (χ0) is 14.5. The molecule has 0 aliphatic carbocycles. The van der Waals surface area contributed by atoms with E-state index in [2.05, 4.69) is 15.9 Å². The van der Waals surface area contributed by atoms with E-state index < -0.39 is 5.97 Å². The first kappa shape index (κ1) is 14.6. The van der Waals surface area contributed by atoms with E-state index in [1.807, 2.05) is 0 Å². The second kappa shape index (κ2) is 6.54. The SMILES string of the molecule is O=C([O-])c1cccc(COc2ccc(CO)cc2Br)c1. The maximum atomic E-state index is 10.8. The summed E-state index contributed by atoms with van der Waals surface area (Å²) >= 11 is 3.36. The smallest absolute Gasteiger partial charge is 0.134 e. The number of carbonyl (C=O) groups is 1. The van der Waals surface area contributed by atoms with Crippen LogP contribution in [-0.2, 0) is 13.2 Å². The van der Waals surface area contributed by atoms with Gasteiger partial charge >= 0.3 is 0 Å². The van der Waals surface area contributed by atoms with E-state index >= 15 is 0 Å². The first-order valence-electron chi connectivity index (χ1n) is 5.92. The molecule has 2 aromatic rings. The molecule has 20 heavy (non-hydrogen) atoms. The fraction of sp³-hybridized carbons (Fsp3) is 0.133. The maximum Gasteiger partial charge on any atom is 0.134 e. The fourth-order valence-electron chi connectivity index (χ4n) is 1.71. The van der Waals surface area contributed by atoms with Crippen LogP contribution in [-0.4, -0.2) is 11.1 Å². The van der Waals surface area contributed by atoms with Crippen molar-refractivity contribution >= 4 is 21.9 Å². The van der Waals surface area contributed by atoms with Gasteiger partial charge in [0.25, 0.3) is 0 Å². The highest BCUT2D eigenvalue weighted by Gasteiger charge is 2.04.